The summed E-state index contributed by atoms with van der Waals surface area (Å²) in [4.78, 5) is 26.8. The number of benzene rings is 2. The second-order valence-corrected chi connectivity index (χ2v) is 10.6. The fraction of sp³-hybridized carbons (Fsp3) is 0.462. The van der Waals surface area contributed by atoms with Crippen LogP contribution in [0, 0.1) is 5.41 Å². The summed E-state index contributed by atoms with van der Waals surface area (Å²) >= 11 is 12.3. The molecular weight excluding hydrogens is 518 g/mol. The van der Waals surface area contributed by atoms with E-state index in [1.807, 2.05) is 0 Å². The Morgan fingerprint density at radius 1 is 1.14 bits per heavy atom. The number of piperidine rings is 1. The first kappa shape index (κ1) is 28.3. The zero-order chi connectivity index (χ0) is 27.1. The molecular formula is C26H28Cl2F3NO4. The van der Waals surface area contributed by atoms with Crippen LogP contribution in [0.3, 0.4) is 0 Å². The van der Waals surface area contributed by atoms with Crippen LogP contribution in [0.4, 0.5) is 13.2 Å². The molecule has 1 saturated heterocycles. The van der Waals surface area contributed by atoms with Crippen LogP contribution in [0.15, 0.2) is 48.5 Å². The molecule has 5 atom stereocenters. The Kier molecular flexibility index (Phi) is 8.04. The highest BCUT2D eigenvalue weighted by molar-refractivity contribution is 6.30. The van der Waals surface area contributed by atoms with E-state index in [1.165, 1.54) is 13.8 Å². The quantitative estimate of drug-likeness (QED) is 0.409. The van der Waals surface area contributed by atoms with Gasteiger partial charge in [-0.15, -0.1) is 0 Å². The lowest BCUT2D eigenvalue weighted by Crippen LogP contribution is -2.65. The predicted octanol–water partition coefficient (Wildman–Crippen LogP) is 6.62. The minimum Gasteiger partial charge on any atom is -0.481 e. The molecule has 3 rings (SSSR count). The number of halogens is 5. The van der Waals surface area contributed by atoms with Crippen molar-refractivity contribution in [1.82, 2.24) is 4.90 Å². The summed E-state index contributed by atoms with van der Waals surface area (Å²) in [7, 11) is 0. The predicted molar refractivity (Wildman–Crippen MR) is 131 cm³/mol. The number of carbonyl (C=O) groups excluding carboxylic acids is 1. The molecule has 2 aromatic carbocycles. The number of amides is 1. The molecule has 0 aliphatic carbocycles. The summed E-state index contributed by atoms with van der Waals surface area (Å²) < 4.78 is 42.3. The highest BCUT2D eigenvalue weighted by Gasteiger charge is 2.61. The molecule has 196 valence electrons. The molecule has 1 aliphatic rings. The van der Waals surface area contributed by atoms with Gasteiger partial charge in [-0.1, -0.05) is 61.3 Å². The zero-order valence-corrected chi connectivity index (χ0v) is 21.5. The number of hydrogen-bond acceptors (Lipinski definition) is 3. The van der Waals surface area contributed by atoms with Crippen molar-refractivity contribution in [1.29, 1.82) is 0 Å². The molecule has 0 bridgehead atoms. The standard InChI is InChI=1S/C26H28Cl2F3NO4/c1-4-20(25(3,36)26(29,30)31)32-22(15-8-10-17(27)11-9-15)19(16-6-5-7-18(28)12-16)13-24(2,23(32)35)14-21(33)34/h5-12,19-20,22,36H,4,13-14H2,1-3H3,(H,33,34)/t19-,20?,22?,24-,25+/m1/s1. The molecule has 0 saturated carbocycles. The molecule has 2 unspecified atom stereocenters. The molecule has 0 spiro atoms. The van der Waals surface area contributed by atoms with Gasteiger partial charge in [-0.2, -0.15) is 13.2 Å². The molecule has 5 nitrogen and oxygen atoms in total. The summed E-state index contributed by atoms with van der Waals surface area (Å²) in [5.74, 6) is -2.64. The Hall–Kier alpha value is -2.29. The molecule has 36 heavy (non-hydrogen) atoms. The van der Waals surface area contributed by atoms with Gasteiger partial charge in [-0.25, -0.2) is 0 Å². The lowest BCUT2D eigenvalue weighted by atomic mass is 9.66. The Balaban J connectivity index is 2.33. The van der Waals surface area contributed by atoms with Gasteiger partial charge in [0.15, 0.2) is 5.60 Å². The van der Waals surface area contributed by atoms with E-state index in [-0.39, 0.29) is 12.8 Å². The second kappa shape index (κ2) is 10.2. The molecule has 0 aromatic heterocycles. The first-order chi connectivity index (χ1) is 16.6. The first-order valence-electron chi connectivity index (χ1n) is 11.5. The maximum absolute atomic E-state index is 14.1. The number of rotatable bonds is 7. The monoisotopic (exact) mass is 545 g/mol. The number of carboxylic acid groups (broad SMARTS) is 1. The largest absolute Gasteiger partial charge is 0.481 e. The maximum Gasteiger partial charge on any atom is 0.418 e. The number of aliphatic carboxylic acids is 1. The number of likely N-dealkylation sites (tertiary alicyclic amines) is 1. The lowest BCUT2D eigenvalue weighted by Gasteiger charge is -2.54. The van der Waals surface area contributed by atoms with Crippen molar-refractivity contribution in [3.63, 3.8) is 0 Å². The molecule has 1 heterocycles. The van der Waals surface area contributed by atoms with E-state index in [1.54, 1.807) is 48.5 Å². The smallest absolute Gasteiger partial charge is 0.418 e. The van der Waals surface area contributed by atoms with Crippen LogP contribution >= 0.6 is 23.2 Å². The van der Waals surface area contributed by atoms with E-state index >= 15 is 0 Å². The molecule has 1 amide bonds. The summed E-state index contributed by atoms with van der Waals surface area (Å²) in [5, 5.41) is 21.2. The summed E-state index contributed by atoms with van der Waals surface area (Å²) in [5.41, 5.74) is -3.65. The van der Waals surface area contributed by atoms with E-state index in [0.29, 0.717) is 28.1 Å². The number of nitrogens with zero attached hydrogens (tertiary/aromatic N) is 1. The first-order valence-corrected chi connectivity index (χ1v) is 12.2. The van der Waals surface area contributed by atoms with Crippen LogP contribution < -0.4 is 0 Å². The van der Waals surface area contributed by atoms with Gasteiger partial charge >= 0.3 is 12.1 Å². The van der Waals surface area contributed by atoms with E-state index in [0.717, 1.165) is 4.90 Å². The summed E-state index contributed by atoms with van der Waals surface area (Å²) in [6.07, 6.45) is -5.82. The Morgan fingerprint density at radius 3 is 2.25 bits per heavy atom. The van der Waals surface area contributed by atoms with Crippen LogP contribution in [-0.4, -0.2) is 44.8 Å². The third-order valence-corrected chi connectivity index (χ3v) is 7.56. The van der Waals surface area contributed by atoms with Gasteiger partial charge in [-0.05, 0) is 55.2 Å². The molecule has 10 heteroatoms. The van der Waals surface area contributed by atoms with Gasteiger partial charge in [0.25, 0.3) is 0 Å². The van der Waals surface area contributed by atoms with Crippen LogP contribution in [0.5, 0.6) is 0 Å². The van der Waals surface area contributed by atoms with Crippen molar-refractivity contribution in [2.24, 2.45) is 5.41 Å². The van der Waals surface area contributed by atoms with Crippen LogP contribution in [0.2, 0.25) is 10.0 Å². The minimum absolute atomic E-state index is 0.0485. The SMILES string of the molecule is CCC(N1C(=O)[C@@](C)(CC(=O)O)C[C@H](c2cccc(Cl)c2)C1c1ccc(Cl)cc1)[C@](C)(O)C(F)(F)F. The van der Waals surface area contributed by atoms with Gasteiger partial charge in [0, 0.05) is 16.0 Å². The van der Waals surface area contributed by atoms with Gasteiger partial charge in [0.1, 0.15) is 0 Å². The summed E-state index contributed by atoms with van der Waals surface area (Å²) in [6, 6.07) is 10.5. The van der Waals surface area contributed by atoms with Gasteiger partial charge in [0.05, 0.1) is 23.9 Å². The highest BCUT2D eigenvalue weighted by Crippen LogP contribution is 2.54. The molecule has 0 radical (unpaired) electrons. The van der Waals surface area contributed by atoms with Crippen molar-refractivity contribution in [3.05, 3.63) is 69.7 Å². The van der Waals surface area contributed by atoms with Crippen molar-refractivity contribution < 1.29 is 33.0 Å². The maximum atomic E-state index is 14.1. The molecule has 1 fully saturated rings. The van der Waals surface area contributed by atoms with Crippen molar-refractivity contribution in [2.75, 3.05) is 0 Å². The fourth-order valence-corrected chi connectivity index (χ4v) is 5.60. The lowest BCUT2D eigenvalue weighted by molar-refractivity contribution is -0.277. The van der Waals surface area contributed by atoms with Crippen LogP contribution in [0.1, 0.15) is 63.1 Å². The minimum atomic E-state index is -5.05. The van der Waals surface area contributed by atoms with E-state index in [9.17, 15) is 33.0 Å². The van der Waals surface area contributed by atoms with Crippen LogP contribution in [-0.2, 0) is 9.59 Å². The van der Waals surface area contributed by atoms with Gasteiger partial charge in [-0.3, -0.25) is 9.59 Å². The average molecular weight is 546 g/mol. The highest BCUT2D eigenvalue weighted by atomic mass is 35.5. The number of hydrogen-bond donors (Lipinski definition) is 2. The Morgan fingerprint density at radius 2 is 1.75 bits per heavy atom. The molecule has 2 N–H and O–H groups in total. The molecule has 2 aromatic rings. The Labute approximate surface area is 217 Å². The van der Waals surface area contributed by atoms with E-state index in [2.05, 4.69) is 0 Å². The van der Waals surface area contributed by atoms with E-state index < -0.39 is 53.5 Å². The Bertz CT molecular complexity index is 1120. The second-order valence-electron chi connectivity index (χ2n) is 9.77. The molecule has 1 aliphatic heterocycles. The van der Waals surface area contributed by atoms with Crippen LogP contribution in [0.25, 0.3) is 0 Å². The van der Waals surface area contributed by atoms with Crippen molar-refractivity contribution >= 4 is 35.1 Å². The summed E-state index contributed by atoms with van der Waals surface area (Å²) in [6.45, 7) is 3.54. The fourth-order valence-electron chi connectivity index (χ4n) is 5.28. The number of carboxylic acids is 1. The topological polar surface area (TPSA) is 77.8 Å². The zero-order valence-electron chi connectivity index (χ0n) is 20.0. The van der Waals surface area contributed by atoms with Crippen molar-refractivity contribution in [3.8, 4) is 0 Å². The number of aliphatic hydroxyl groups is 1. The van der Waals surface area contributed by atoms with Gasteiger partial charge < -0.3 is 15.1 Å². The third-order valence-electron chi connectivity index (χ3n) is 7.08. The van der Waals surface area contributed by atoms with Crippen molar-refractivity contribution in [2.45, 2.75) is 69.8 Å². The number of carbonyl (C=O) groups is 2. The average Bonchev–Trinajstić information content (AvgIpc) is 2.76. The van der Waals surface area contributed by atoms with Gasteiger partial charge in [0.2, 0.25) is 5.91 Å². The normalized spacial score (nSPS) is 25.4. The number of alkyl halides is 3. The van der Waals surface area contributed by atoms with E-state index in [4.69, 9.17) is 23.2 Å². The third kappa shape index (κ3) is 5.36.